The van der Waals surface area contributed by atoms with Gasteiger partial charge in [0.2, 0.25) is 5.91 Å². The maximum atomic E-state index is 13.6. The Hall–Kier alpha value is -3.00. The third-order valence-corrected chi connectivity index (χ3v) is 4.08. The molecule has 0 aromatic heterocycles. The quantitative estimate of drug-likeness (QED) is 0.607. The molecular formula is C20H20ClF2N3O3. The van der Waals surface area contributed by atoms with Crippen molar-refractivity contribution in [2.45, 2.75) is 19.8 Å². The molecule has 0 fully saturated rings. The van der Waals surface area contributed by atoms with Gasteiger partial charge in [-0.1, -0.05) is 18.5 Å². The number of benzene rings is 2. The molecule has 3 N–H and O–H groups in total. The minimum atomic E-state index is -0.992. The summed E-state index contributed by atoms with van der Waals surface area (Å²) in [5.74, 6) is -3.37. The molecule has 0 spiro atoms. The smallest absolute Gasteiger partial charge is 0.254 e. The lowest BCUT2D eigenvalue weighted by Gasteiger charge is -2.12. The zero-order valence-electron chi connectivity index (χ0n) is 15.7. The largest absolute Gasteiger partial charge is 0.352 e. The van der Waals surface area contributed by atoms with Gasteiger partial charge in [0.05, 0.1) is 16.8 Å². The first kappa shape index (κ1) is 22.3. The number of hydrogen-bond acceptors (Lipinski definition) is 3. The van der Waals surface area contributed by atoms with Crippen molar-refractivity contribution in [1.82, 2.24) is 10.6 Å². The van der Waals surface area contributed by atoms with E-state index in [0.29, 0.717) is 17.6 Å². The van der Waals surface area contributed by atoms with Crippen LogP contribution in [0.5, 0.6) is 0 Å². The number of amides is 3. The van der Waals surface area contributed by atoms with Crippen molar-refractivity contribution >= 4 is 35.0 Å². The Bertz CT molecular complexity index is 922. The monoisotopic (exact) mass is 423 g/mol. The molecule has 0 aliphatic heterocycles. The van der Waals surface area contributed by atoms with Gasteiger partial charge in [0.1, 0.15) is 11.6 Å². The fourth-order valence-corrected chi connectivity index (χ4v) is 2.59. The number of anilines is 1. The van der Waals surface area contributed by atoms with Crippen LogP contribution in [-0.2, 0) is 4.79 Å². The fraction of sp³-hybridized carbons (Fsp3) is 0.250. The summed E-state index contributed by atoms with van der Waals surface area (Å²) in [6.07, 6.45) is 0.631. The second-order valence-electron chi connectivity index (χ2n) is 6.12. The second kappa shape index (κ2) is 10.5. The van der Waals surface area contributed by atoms with Gasteiger partial charge in [-0.05, 0) is 36.8 Å². The van der Waals surface area contributed by atoms with Crippen LogP contribution in [0.15, 0.2) is 36.4 Å². The van der Waals surface area contributed by atoms with E-state index in [1.165, 1.54) is 18.2 Å². The molecule has 0 heterocycles. The van der Waals surface area contributed by atoms with Gasteiger partial charge in [-0.2, -0.15) is 0 Å². The Labute approximate surface area is 171 Å². The standard InChI is InChI=1S/C20H20ClF2N3O3/c1-2-8-24-20(29)15-5-3-12(21)10-17(15)26-18(27)7-9-25-19(28)14-6-4-13(22)11-16(14)23/h3-6,10-11H,2,7-9H2,1H3,(H,24,29)(H,25,28)(H,26,27). The lowest BCUT2D eigenvalue weighted by molar-refractivity contribution is -0.116. The van der Waals surface area contributed by atoms with E-state index >= 15 is 0 Å². The topological polar surface area (TPSA) is 87.3 Å². The molecule has 0 saturated carbocycles. The molecule has 0 saturated heterocycles. The summed E-state index contributed by atoms with van der Waals surface area (Å²) >= 11 is 5.95. The van der Waals surface area contributed by atoms with Crippen LogP contribution in [0.25, 0.3) is 0 Å². The maximum absolute atomic E-state index is 13.6. The zero-order chi connectivity index (χ0) is 21.4. The van der Waals surface area contributed by atoms with Gasteiger partial charge >= 0.3 is 0 Å². The number of halogens is 3. The van der Waals surface area contributed by atoms with Crippen LogP contribution in [0.2, 0.25) is 5.02 Å². The van der Waals surface area contributed by atoms with Gasteiger partial charge in [0, 0.05) is 30.6 Å². The van der Waals surface area contributed by atoms with E-state index in [2.05, 4.69) is 16.0 Å². The molecule has 0 atom stereocenters. The zero-order valence-corrected chi connectivity index (χ0v) is 16.4. The second-order valence-corrected chi connectivity index (χ2v) is 6.56. The summed E-state index contributed by atoms with van der Waals surface area (Å²) in [5, 5.41) is 8.02. The molecule has 6 nitrogen and oxygen atoms in total. The Morgan fingerprint density at radius 2 is 1.59 bits per heavy atom. The summed E-state index contributed by atoms with van der Waals surface area (Å²) in [4.78, 5) is 36.3. The highest BCUT2D eigenvalue weighted by atomic mass is 35.5. The van der Waals surface area contributed by atoms with E-state index in [4.69, 9.17) is 11.6 Å². The van der Waals surface area contributed by atoms with E-state index in [0.717, 1.165) is 18.6 Å². The predicted molar refractivity (Wildman–Crippen MR) is 106 cm³/mol. The Morgan fingerprint density at radius 1 is 0.931 bits per heavy atom. The number of carbonyl (C=O) groups excluding carboxylic acids is 3. The van der Waals surface area contributed by atoms with Crippen molar-refractivity contribution in [2.24, 2.45) is 0 Å². The average molecular weight is 424 g/mol. The summed E-state index contributed by atoms with van der Waals surface area (Å²) in [5.41, 5.74) is 0.178. The van der Waals surface area contributed by atoms with Crippen molar-refractivity contribution < 1.29 is 23.2 Å². The molecule has 3 amide bonds. The van der Waals surface area contributed by atoms with E-state index in [9.17, 15) is 23.2 Å². The molecule has 0 aliphatic carbocycles. The van der Waals surface area contributed by atoms with E-state index in [1.54, 1.807) is 0 Å². The van der Waals surface area contributed by atoms with E-state index in [-0.39, 0.29) is 35.7 Å². The normalized spacial score (nSPS) is 10.3. The fourth-order valence-electron chi connectivity index (χ4n) is 2.42. The van der Waals surface area contributed by atoms with Crippen LogP contribution < -0.4 is 16.0 Å². The number of hydrogen-bond donors (Lipinski definition) is 3. The molecule has 0 aliphatic rings. The van der Waals surface area contributed by atoms with Crippen LogP contribution in [0, 0.1) is 11.6 Å². The van der Waals surface area contributed by atoms with Crippen LogP contribution in [0.4, 0.5) is 14.5 Å². The Balaban J connectivity index is 1.94. The summed E-state index contributed by atoms with van der Waals surface area (Å²) in [7, 11) is 0. The first-order chi connectivity index (χ1) is 13.8. The maximum Gasteiger partial charge on any atom is 0.254 e. The van der Waals surface area contributed by atoms with Crippen molar-refractivity contribution in [3.8, 4) is 0 Å². The first-order valence-electron chi connectivity index (χ1n) is 8.92. The molecule has 0 bridgehead atoms. The molecule has 29 heavy (non-hydrogen) atoms. The highest BCUT2D eigenvalue weighted by Gasteiger charge is 2.15. The number of carbonyl (C=O) groups is 3. The number of nitrogens with one attached hydrogen (secondary N) is 3. The lowest BCUT2D eigenvalue weighted by atomic mass is 10.1. The molecule has 2 aromatic rings. The third-order valence-electron chi connectivity index (χ3n) is 3.85. The van der Waals surface area contributed by atoms with Crippen LogP contribution >= 0.6 is 11.6 Å². The average Bonchev–Trinajstić information content (AvgIpc) is 2.66. The molecule has 0 unspecified atom stereocenters. The summed E-state index contributed by atoms with van der Waals surface area (Å²) < 4.78 is 26.5. The minimum absolute atomic E-state index is 0.0839. The minimum Gasteiger partial charge on any atom is -0.352 e. The molecule has 9 heteroatoms. The van der Waals surface area contributed by atoms with E-state index in [1.807, 2.05) is 6.92 Å². The van der Waals surface area contributed by atoms with Crippen molar-refractivity contribution in [2.75, 3.05) is 18.4 Å². The lowest BCUT2D eigenvalue weighted by Crippen LogP contribution is -2.29. The first-order valence-corrected chi connectivity index (χ1v) is 9.30. The highest BCUT2D eigenvalue weighted by molar-refractivity contribution is 6.31. The van der Waals surface area contributed by atoms with Crippen molar-refractivity contribution in [1.29, 1.82) is 0 Å². The summed E-state index contributed by atoms with van der Waals surface area (Å²) in [6.45, 7) is 2.32. The van der Waals surface area contributed by atoms with Crippen molar-refractivity contribution in [3.05, 3.63) is 64.2 Å². The molecular weight excluding hydrogens is 404 g/mol. The predicted octanol–water partition coefficient (Wildman–Crippen LogP) is 3.52. The van der Waals surface area contributed by atoms with Crippen LogP contribution in [-0.4, -0.2) is 30.8 Å². The van der Waals surface area contributed by atoms with Crippen LogP contribution in [0.1, 0.15) is 40.5 Å². The Morgan fingerprint density at radius 3 is 2.28 bits per heavy atom. The van der Waals surface area contributed by atoms with Gasteiger partial charge in [-0.3, -0.25) is 14.4 Å². The van der Waals surface area contributed by atoms with Crippen LogP contribution in [0.3, 0.4) is 0 Å². The molecule has 154 valence electrons. The Kier molecular flexibility index (Phi) is 8.09. The van der Waals surface area contributed by atoms with Gasteiger partial charge < -0.3 is 16.0 Å². The highest BCUT2D eigenvalue weighted by Crippen LogP contribution is 2.21. The van der Waals surface area contributed by atoms with Gasteiger partial charge in [-0.15, -0.1) is 0 Å². The van der Waals surface area contributed by atoms with Gasteiger partial charge in [0.25, 0.3) is 11.8 Å². The van der Waals surface area contributed by atoms with Crippen molar-refractivity contribution in [3.63, 3.8) is 0 Å². The van der Waals surface area contributed by atoms with E-state index < -0.39 is 23.4 Å². The molecule has 2 rings (SSSR count). The molecule has 2 aromatic carbocycles. The third kappa shape index (κ3) is 6.53. The van der Waals surface area contributed by atoms with Gasteiger partial charge in [0.15, 0.2) is 0 Å². The van der Waals surface area contributed by atoms with Gasteiger partial charge in [-0.25, -0.2) is 8.78 Å². The SMILES string of the molecule is CCCNC(=O)c1ccc(Cl)cc1NC(=O)CCNC(=O)c1ccc(F)cc1F. The summed E-state index contributed by atoms with van der Waals surface area (Å²) in [6, 6.07) is 7.08. The molecule has 0 radical (unpaired) electrons. The number of rotatable bonds is 8.